The molecule has 0 spiro atoms. The summed E-state index contributed by atoms with van der Waals surface area (Å²) in [5.41, 5.74) is 0. The van der Waals surface area contributed by atoms with Crippen molar-refractivity contribution in [3.05, 3.63) is 12.2 Å². The van der Waals surface area contributed by atoms with E-state index in [0.29, 0.717) is 19.3 Å². The zero-order valence-electron chi connectivity index (χ0n) is 53.4. The summed E-state index contributed by atoms with van der Waals surface area (Å²) in [7, 11) is 0. The van der Waals surface area contributed by atoms with Gasteiger partial charge in [0, 0.05) is 6.42 Å². The van der Waals surface area contributed by atoms with Crippen LogP contribution in [0.3, 0.4) is 0 Å². The highest BCUT2D eigenvalue weighted by Gasteiger charge is 2.47. The molecule has 0 saturated carbocycles. The molecular weight excluding hydrogens is 1010 g/mol. The van der Waals surface area contributed by atoms with Gasteiger partial charge >= 0.3 is 5.97 Å². The van der Waals surface area contributed by atoms with E-state index in [1.807, 2.05) is 6.08 Å². The zero-order valence-corrected chi connectivity index (χ0v) is 53.4. The number of aliphatic hydroxyl groups excluding tert-OH is 5. The molecule has 0 aromatic carbocycles. The molecular formula is C70H135NO10. The summed E-state index contributed by atoms with van der Waals surface area (Å²) in [6, 6.07) is -1.02. The number of nitrogens with one attached hydrogen (secondary N) is 1. The average Bonchev–Trinajstić information content (AvgIpc) is 3.50. The highest BCUT2D eigenvalue weighted by atomic mass is 16.7. The van der Waals surface area contributed by atoms with Gasteiger partial charge in [-0.3, -0.25) is 9.59 Å². The molecule has 0 aliphatic carbocycles. The molecule has 0 aromatic heterocycles. The molecule has 81 heavy (non-hydrogen) atoms. The first-order valence-electron chi connectivity index (χ1n) is 35.5. The van der Waals surface area contributed by atoms with Crippen molar-refractivity contribution < 1.29 is 49.3 Å². The molecule has 8 unspecified atom stereocenters. The molecule has 11 heteroatoms. The quantitative estimate of drug-likeness (QED) is 0.0195. The fraction of sp³-hybridized carbons (Fsp3) is 0.943. The molecule has 1 fully saturated rings. The van der Waals surface area contributed by atoms with E-state index in [4.69, 9.17) is 14.2 Å². The number of allylic oxidation sites excluding steroid dienone is 1. The lowest BCUT2D eigenvalue weighted by atomic mass is 9.99. The first-order valence-corrected chi connectivity index (χ1v) is 35.5. The van der Waals surface area contributed by atoms with Crippen molar-refractivity contribution in [2.75, 3.05) is 13.2 Å². The predicted octanol–water partition coefficient (Wildman–Crippen LogP) is 17.9. The molecule has 0 radical (unpaired) electrons. The van der Waals surface area contributed by atoms with Crippen LogP contribution in [-0.4, -0.2) is 99.6 Å². The number of carbonyl (C=O) groups is 2. The van der Waals surface area contributed by atoms with Crippen molar-refractivity contribution in [1.29, 1.82) is 0 Å². The summed E-state index contributed by atoms with van der Waals surface area (Å²) in [6.07, 6.45) is 58.5. The van der Waals surface area contributed by atoms with Crippen molar-refractivity contribution >= 4 is 11.9 Å². The van der Waals surface area contributed by atoms with Gasteiger partial charge in [0.15, 0.2) is 12.4 Å². The van der Waals surface area contributed by atoms with Crippen molar-refractivity contribution in [3.8, 4) is 0 Å². The number of aliphatic hydroxyl groups is 5. The molecule has 0 bridgehead atoms. The Hall–Kier alpha value is -1.60. The highest BCUT2D eigenvalue weighted by molar-refractivity contribution is 5.80. The molecule has 11 nitrogen and oxygen atoms in total. The lowest BCUT2D eigenvalue weighted by Crippen LogP contribution is -2.61. The maximum atomic E-state index is 13.4. The van der Waals surface area contributed by atoms with Gasteiger partial charge in [0.25, 0.3) is 0 Å². The smallest absolute Gasteiger partial charge is 0.306 e. The fourth-order valence-corrected chi connectivity index (χ4v) is 11.6. The Labute approximate surface area is 499 Å². The number of rotatable bonds is 62. The summed E-state index contributed by atoms with van der Waals surface area (Å²) in [5.74, 6) is -1.17. The van der Waals surface area contributed by atoms with E-state index < -0.39 is 67.4 Å². The number of carbonyl (C=O) groups excluding carboxylic acids is 2. The monoisotopic (exact) mass is 1150 g/mol. The molecule has 1 amide bonds. The van der Waals surface area contributed by atoms with Gasteiger partial charge in [-0.2, -0.15) is 0 Å². The molecule has 1 aliphatic rings. The van der Waals surface area contributed by atoms with E-state index in [-0.39, 0.29) is 13.0 Å². The van der Waals surface area contributed by atoms with Crippen molar-refractivity contribution in [1.82, 2.24) is 5.32 Å². The SMILES string of the molecule is CCCCCCCCCCC/C=C/C(O)C(COC1OC(CO)C(O)C(O)C1OC(=O)CCCCCCCCCCCCCCCCCCCCCCCCCCCCC)NC(=O)C(O)CCCCCCCCCCCCCCCC. The number of hydrogen-bond donors (Lipinski definition) is 6. The summed E-state index contributed by atoms with van der Waals surface area (Å²) in [6.45, 7) is 5.84. The van der Waals surface area contributed by atoms with Crippen LogP contribution in [0, 0.1) is 0 Å². The van der Waals surface area contributed by atoms with Crippen LogP contribution in [0.15, 0.2) is 12.2 Å². The van der Waals surface area contributed by atoms with Gasteiger partial charge in [0.1, 0.15) is 24.4 Å². The van der Waals surface area contributed by atoms with E-state index in [1.54, 1.807) is 6.08 Å². The lowest BCUT2D eigenvalue weighted by Gasteiger charge is -2.41. The van der Waals surface area contributed by atoms with Gasteiger partial charge in [0.2, 0.25) is 5.91 Å². The second-order valence-corrected chi connectivity index (χ2v) is 25.0. The van der Waals surface area contributed by atoms with Crippen LogP contribution in [0.4, 0.5) is 0 Å². The highest BCUT2D eigenvalue weighted by Crippen LogP contribution is 2.27. The molecule has 1 rings (SSSR count). The van der Waals surface area contributed by atoms with Gasteiger partial charge in [-0.1, -0.05) is 341 Å². The van der Waals surface area contributed by atoms with Gasteiger partial charge < -0.3 is 45.1 Å². The Morgan fingerprint density at radius 2 is 0.802 bits per heavy atom. The van der Waals surface area contributed by atoms with Crippen LogP contribution < -0.4 is 5.32 Å². The molecule has 8 atom stereocenters. The van der Waals surface area contributed by atoms with E-state index >= 15 is 0 Å². The number of ether oxygens (including phenoxy) is 3. The Morgan fingerprint density at radius 3 is 1.16 bits per heavy atom. The molecule has 1 aliphatic heterocycles. The maximum Gasteiger partial charge on any atom is 0.306 e. The van der Waals surface area contributed by atoms with Crippen molar-refractivity contribution in [2.24, 2.45) is 0 Å². The molecule has 480 valence electrons. The summed E-state index contributed by atoms with van der Waals surface area (Å²) in [5, 5.41) is 57.1. The standard InChI is InChI=1S/C70H135NO10/c1-4-7-10-13-16-19-22-24-26-27-28-29-30-31-32-33-34-35-36-37-38-40-43-46-49-52-55-58-65(75)81-68-67(77)66(76)64(59-72)80-70(68)79-60-61(62(73)56-53-50-47-44-41-21-18-15-12-9-6-3)71-69(78)63(74)57-54-51-48-45-42-39-25-23-20-17-14-11-8-5-2/h53,56,61-64,66-68,70,72-74,76-77H,4-52,54-55,57-60H2,1-3H3,(H,71,78)/b56-53+. The van der Waals surface area contributed by atoms with Crippen LogP contribution in [0.25, 0.3) is 0 Å². The Kier molecular flexibility index (Phi) is 56.2. The first-order chi connectivity index (χ1) is 39.7. The van der Waals surface area contributed by atoms with E-state index in [2.05, 4.69) is 26.1 Å². The predicted molar refractivity (Wildman–Crippen MR) is 338 cm³/mol. The molecule has 1 heterocycles. The first kappa shape index (κ1) is 77.4. The second-order valence-electron chi connectivity index (χ2n) is 25.0. The normalized spacial score (nSPS) is 18.6. The lowest BCUT2D eigenvalue weighted by molar-refractivity contribution is -0.305. The van der Waals surface area contributed by atoms with Crippen LogP contribution in [0.5, 0.6) is 0 Å². The minimum atomic E-state index is -1.61. The summed E-state index contributed by atoms with van der Waals surface area (Å²) >= 11 is 0. The Balaban J connectivity index is 2.49. The third-order valence-electron chi connectivity index (χ3n) is 17.2. The second kappa shape index (κ2) is 58.8. The zero-order chi connectivity index (χ0) is 58.9. The minimum Gasteiger partial charge on any atom is -0.454 e. The molecule has 1 saturated heterocycles. The number of amides is 1. The largest absolute Gasteiger partial charge is 0.454 e. The van der Waals surface area contributed by atoms with Crippen LogP contribution in [0.2, 0.25) is 0 Å². The fourth-order valence-electron chi connectivity index (χ4n) is 11.6. The van der Waals surface area contributed by atoms with Crippen LogP contribution in [-0.2, 0) is 23.8 Å². The Bertz CT molecular complexity index is 1370. The van der Waals surface area contributed by atoms with Gasteiger partial charge in [-0.05, 0) is 25.7 Å². The molecule has 0 aromatic rings. The van der Waals surface area contributed by atoms with Gasteiger partial charge in [-0.15, -0.1) is 0 Å². The topological polar surface area (TPSA) is 175 Å². The third kappa shape index (κ3) is 46.3. The number of unbranched alkanes of at least 4 members (excludes halogenated alkanes) is 48. The third-order valence-corrected chi connectivity index (χ3v) is 17.2. The maximum absolute atomic E-state index is 13.4. The average molecular weight is 1150 g/mol. The van der Waals surface area contributed by atoms with E-state index in [1.165, 1.54) is 257 Å². The number of hydrogen-bond acceptors (Lipinski definition) is 10. The van der Waals surface area contributed by atoms with Crippen LogP contribution >= 0.6 is 0 Å². The van der Waals surface area contributed by atoms with Gasteiger partial charge in [0.05, 0.1) is 25.4 Å². The van der Waals surface area contributed by atoms with Crippen LogP contribution in [0.1, 0.15) is 361 Å². The summed E-state index contributed by atoms with van der Waals surface area (Å²) < 4.78 is 17.7. The van der Waals surface area contributed by atoms with Gasteiger partial charge in [-0.25, -0.2) is 0 Å². The van der Waals surface area contributed by atoms with E-state index in [0.717, 1.165) is 57.8 Å². The Morgan fingerprint density at radius 1 is 0.469 bits per heavy atom. The van der Waals surface area contributed by atoms with E-state index in [9.17, 15) is 35.1 Å². The molecule has 6 N–H and O–H groups in total. The minimum absolute atomic E-state index is 0.132. The summed E-state index contributed by atoms with van der Waals surface area (Å²) in [4.78, 5) is 26.6. The number of esters is 1. The van der Waals surface area contributed by atoms with Crippen molar-refractivity contribution in [2.45, 2.75) is 410 Å². The van der Waals surface area contributed by atoms with Crippen molar-refractivity contribution in [3.63, 3.8) is 0 Å².